The van der Waals surface area contributed by atoms with Gasteiger partial charge in [0.2, 0.25) is 11.0 Å². The molecule has 0 bridgehead atoms. The lowest BCUT2D eigenvalue weighted by atomic mass is 10.2. The van der Waals surface area contributed by atoms with Crippen molar-refractivity contribution < 1.29 is 9.21 Å². The number of amides is 1. The van der Waals surface area contributed by atoms with Crippen molar-refractivity contribution in [3.8, 4) is 11.5 Å². The normalized spacial score (nSPS) is 10.6. The van der Waals surface area contributed by atoms with E-state index in [4.69, 9.17) is 4.42 Å². The molecule has 106 valence electrons. The quantitative estimate of drug-likeness (QED) is 0.804. The minimum Gasteiger partial charge on any atom is -0.441 e. The minimum atomic E-state index is -0.352. The first kappa shape index (κ1) is 13.4. The van der Waals surface area contributed by atoms with Crippen LogP contribution in [0, 0.1) is 13.8 Å². The second kappa shape index (κ2) is 5.45. The number of nitrogens with one attached hydrogen (secondary N) is 1. The van der Waals surface area contributed by atoms with Crippen molar-refractivity contribution in [1.82, 2.24) is 15.2 Å². The highest BCUT2D eigenvalue weighted by atomic mass is 32.1. The van der Waals surface area contributed by atoms with Crippen molar-refractivity contribution in [1.29, 1.82) is 0 Å². The molecule has 2 aromatic heterocycles. The van der Waals surface area contributed by atoms with Crippen LogP contribution in [0.25, 0.3) is 11.5 Å². The molecule has 3 aromatic rings. The number of hydrogen-bond acceptors (Lipinski definition) is 6. The monoisotopic (exact) mass is 300 g/mol. The molecule has 7 heteroatoms. The summed E-state index contributed by atoms with van der Waals surface area (Å²) >= 11 is 1.31. The summed E-state index contributed by atoms with van der Waals surface area (Å²) in [7, 11) is 0. The summed E-state index contributed by atoms with van der Waals surface area (Å²) in [5.41, 5.74) is 1.08. The Labute approximate surface area is 124 Å². The number of benzene rings is 1. The van der Waals surface area contributed by atoms with E-state index >= 15 is 0 Å². The van der Waals surface area contributed by atoms with Gasteiger partial charge in [-0.3, -0.25) is 10.1 Å². The van der Waals surface area contributed by atoms with Crippen molar-refractivity contribution in [3.05, 3.63) is 46.8 Å². The van der Waals surface area contributed by atoms with E-state index in [2.05, 4.69) is 20.5 Å². The minimum absolute atomic E-state index is 0.252. The van der Waals surface area contributed by atoms with Gasteiger partial charge >= 0.3 is 0 Å². The molecule has 0 spiro atoms. The van der Waals surface area contributed by atoms with Crippen LogP contribution in [0.3, 0.4) is 0 Å². The molecule has 0 aliphatic heterocycles. The third-order valence-electron chi connectivity index (χ3n) is 2.78. The van der Waals surface area contributed by atoms with Gasteiger partial charge in [0, 0.05) is 5.56 Å². The van der Waals surface area contributed by atoms with Crippen LogP contribution in [-0.2, 0) is 0 Å². The van der Waals surface area contributed by atoms with Gasteiger partial charge in [0.1, 0.15) is 10.8 Å². The number of rotatable bonds is 3. The number of nitrogens with zero attached hydrogens (tertiary/aromatic N) is 3. The zero-order chi connectivity index (χ0) is 14.8. The lowest BCUT2D eigenvalue weighted by molar-refractivity contribution is 0.102. The van der Waals surface area contributed by atoms with Gasteiger partial charge in [0.15, 0.2) is 5.69 Å². The Hall–Kier alpha value is -2.54. The maximum atomic E-state index is 12.2. The highest BCUT2D eigenvalue weighted by Crippen LogP contribution is 2.22. The predicted molar refractivity (Wildman–Crippen MR) is 79.3 cm³/mol. The fraction of sp³-hybridized carbons (Fsp3) is 0.143. The molecule has 0 atom stereocenters. The fourth-order valence-corrected chi connectivity index (χ4v) is 2.40. The summed E-state index contributed by atoms with van der Waals surface area (Å²) in [5, 5.41) is 11.6. The molecule has 0 aliphatic rings. The summed E-state index contributed by atoms with van der Waals surface area (Å²) in [6, 6.07) is 9.43. The number of aromatic nitrogens is 3. The predicted octanol–water partition coefficient (Wildman–Crippen LogP) is 3.06. The van der Waals surface area contributed by atoms with Gasteiger partial charge in [-0.2, -0.15) is 0 Å². The van der Waals surface area contributed by atoms with E-state index in [0.29, 0.717) is 16.8 Å². The molecule has 1 N–H and O–H groups in total. The Morgan fingerprint density at radius 1 is 1.19 bits per heavy atom. The van der Waals surface area contributed by atoms with E-state index in [9.17, 15) is 4.79 Å². The lowest BCUT2D eigenvalue weighted by Crippen LogP contribution is -2.13. The van der Waals surface area contributed by atoms with Gasteiger partial charge in [-0.25, -0.2) is 4.98 Å². The second-order valence-electron chi connectivity index (χ2n) is 4.37. The second-order valence-corrected chi connectivity index (χ2v) is 5.55. The number of hydrogen-bond donors (Lipinski definition) is 1. The molecule has 0 saturated carbocycles. The largest absolute Gasteiger partial charge is 0.441 e. The van der Waals surface area contributed by atoms with Crippen LogP contribution in [-0.4, -0.2) is 21.1 Å². The maximum absolute atomic E-state index is 12.2. The van der Waals surface area contributed by atoms with Crippen molar-refractivity contribution in [2.24, 2.45) is 0 Å². The average molecular weight is 300 g/mol. The number of oxazole rings is 1. The molecule has 2 heterocycles. The van der Waals surface area contributed by atoms with Gasteiger partial charge in [-0.15, -0.1) is 10.2 Å². The van der Waals surface area contributed by atoms with Crippen molar-refractivity contribution >= 4 is 22.4 Å². The van der Waals surface area contributed by atoms with E-state index in [1.165, 1.54) is 11.3 Å². The van der Waals surface area contributed by atoms with Crippen LogP contribution in [0.5, 0.6) is 0 Å². The van der Waals surface area contributed by atoms with Crippen LogP contribution >= 0.6 is 11.3 Å². The summed E-state index contributed by atoms with van der Waals surface area (Å²) in [6.07, 6.45) is 0. The van der Waals surface area contributed by atoms with Crippen LogP contribution in [0.4, 0.5) is 5.13 Å². The van der Waals surface area contributed by atoms with Crippen LogP contribution in [0.2, 0.25) is 0 Å². The van der Waals surface area contributed by atoms with Crippen molar-refractivity contribution in [2.45, 2.75) is 13.8 Å². The molecule has 1 aromatic carbocycles. The molecule has 0 fully saturated rings. The van der Waals surface area contributed by atoms with E-state index < -0.39 is 0 Å². The van der Waals surface area contributed by atoms with Gasteiger partial charge < -0.3 is 4.42 Å². The van der Waals surface area contributed by atoms with Crippen LogP contribution in [0.15, 0.2) is 34.7 Å². The first-order chi connectivity index (χ1) is 10.1. The Morgan fingerprint density at radius 3 is 2.62 bits per heavy atom. The first-order valence-corrected chi connectivity index (χ1v) is 7.09. The van der Waals surface area contributed by atoms with E-state index in [1.807, 2.05) is 37.3 Å². The maximum Gasteiger partial charge on any atom is 0.279 e. The highest BCUT2D eigenvalue weighted by Gasteiger charge is 2.19. The summed E-state index contributed by atoms with van der Waals surface area (Å²) < 4.78 is 5.56. The zero-order valence-corrected chi connectivity index (χ0v) is 12.3. The van der Waals surface area contributed by atoms with Crippen LogP contribution < -0.4 is 5.32 Å². The summed E-state index contributed by atoms with van der Waals surface area (Å²) in [4.78, 5) is 16.5. The summed E-state index contributed by atoms with van der Waals surface area (Å²) in [5.74, 6) is 0.536. The van der Waals surface area contributed by atoms with Crippen molar-refractivity contribution in [3.63, 3.8) is 0 Å². The average Bonchev–Trinajstić information content (AvgIpc) is 3.06. The number of aryl methyl sites for hydroxylation is 2. The molecular weight excluding hydrogens is 288 g/mol. The van der Waals surface area contributed by atoms with Gasteiger partial charge in [-0.1, -0.05) is 29.5 Å². The van der Waals surface area contributed by atoms with E-state index in [-0.39, 0.29) is 11.6 Å². The molecule has 0 saturated heterocycles. The number of carbonyl (C=O) groups is 1. The summed E-state index contributed by atoms with van der Waals surface area (Å²) in [6.45, 7) is 3.53. The zero-order valence-electron chi connectivity index (χ0n) is 11.5. The molecule has 0 unspecified atom stereocenters. The molecule has 0 radical (unpaired) electrons. The van der Waals surface area contributed by atoms with Gasteiger partial charge in [-0.05, 0) is 26.0 Å². The molecule has 21 heavy (non-hydrogen) atoms. The molecule has 6 nitrogen and oxygen atoms in total. The Morgan fingerprint density at radius 2 is 1.95 bits per heavy atom. The van der Waals surface area contributed by atoms with E-state index in [1.54, 1.807) is 6.92 Å². The molecular formula is C14H12N4O2S. The van der Waals surface area contributed by atoms with Crippen molar-refractivity contribution in [2.75, 3.05) is 5.32 Å². The topological polar surface area (TPSA) is 80.9 Å². The Bertz CT molecular complexity index is 779. The Kier molecular flexibility index (Phi) is 3.49. The smallest absolute Gasteiger partial charge is 0.279 e. The number of carbonyl (C=O) groups excluding carboxylic acids is 1. The highest BCUT2D eigenvalue weighted by molar-refractivity contribution is 7.15. The SMILES string of the molecule is Cc1nnc(NC(=O)c2nc(-c3ccccc3)oc2C)s1. The van der Waals surface area contributed by atoms with Gasteiger partial charge in [0.05, 0.1) is 0 Å². The van der Waals surface area contributed by atoms with Crippen LogP contribution in [0.1, 0.15) is 21.3 Å². The standard InChI is InChI=1S/C14H12N4O2S/c1-8-11(12(19)16-14-18-17-9(2)21-14)15-13(20-8)10-6-4-3-5-7-10/h3-7H,1-2H3,(H,16,18,19). The first-order valence-electron chi connectivity index (χ1n) is 6.28. The van der Waals surface area contributed by atoms with E-state index in [0.717, 1.165) is 10.6 Å². The molecule has 3 rings (SSSR count). The third-order valence-corrected chi connectivity index (χ3v) is 3.53. The Balaban J connectivity index is 1.86. The van der Waals surface area contributed by atoms with Gasteiger partial charge in [0.25, 0.3) is 5.91 Å². The molecule has 1 amide bonds. The molecule has 0 aliphatic carbocycles. The number of anilines is 1. The fourth-order valence-electron chi connectivity index (χ4n) is 1.81. The third kappa shape index (κ3) is 2.82. The lowest BCUT2D eigenvalue weighted by Gasteiger charge is -1.96.